The van der Waals surface area contributed by atoms with Crippen molar-refractivity contribution in [2.75, 3.05) is 32.8 Å². The van der Waals surface area contributed by atoms with Crippen molar-refractivity contribution in [2.45, 2.75) is 64.2 Å². The summed E-state index contributed by atoms with van der Waals surface area (Å²) in [7, 11) is 0. The minimum Gasteiger partial charge on any atom is -0.493 e. The molecule has 4 rings (SSSR count). The van der Waals surface area contributed by atoms with Crippen LogP contribution in [0.15, 0.2) is 24.3 Å². The Kier molecular flexibility index (Phi) is 7.29. The standard InChI is InChI=1S/C25H36N2O3/c28-24(18-20-6-2-1-3-7-20)26-16-12-21(13-17-26)19-30-23-10-8-22(9-11-23)25(29)27-14-4-5-15-27/h8-11,20-21H,1-7,12-19H2. The van der Waals surface area contributed by atoms with Gasteiger partial charge in [-0.1, -0.05) is 19.3 Å². The lowest BCUT2D eigenvalue weighted by molar-refractivity contribution is -0.134. The zero-order valence-corrected chi connectivity index (χ0v) is 18.2. The molecule has 164 valence electrons. The van der Waals surface area contributed by atoms with Crippen LogP contribution in [0, 0.1) is 11.8 Å². The molecule has 2 amide bonds. The molecule has 0 atom stereocenters. The molecule has 1 aromatic rings. The van der Waals surface area contributed by atoms with Crippen LogP contribution < -0.4 is 4.74 Å². The van der Waals surface area contributed by atoms with Gasteiger partial charge in [0, 0.05) is 38.2 Å². The summed E-state index contributed by atoms with van der Waals surface area (Å²) in [5.74, 6) is 2.43. The Morgan fingerprint density at radius 1 is 0.767 bits per heavy atom. The van der Waals surface area contributed by atoms with Crippen LogP contribution in [0.5, 0.6) is 5.75 Å². The Morgan fingerprint density at radius 2 is 1.43 bits per heavy atom. The van der Waals surface area contributed by atoms with Gasteiger partial charge in [0.1, 0.15) is 5.75 Å². The van der Waals surface area contributed by atoms with Crippen molar-refractivity contribution in [1.29, 1.82) is 0 Å². The van der Waals surface area contributed by atoms with E-state index in [1.807, 2.05) is 29.2 Å². The molecule has 2 aliphatic heterocycles. The predicted molar refractivity (Wildman–Crippen MR) is 118 cm³/mol. The molecule has 1 saturated carbocycles. The van der Waals surface area contributed by atoms with Crippen molar-refractivity contribution >= 4 is 11.8 Å². The lowest BCUT2D eigenvalue weighted by Crippen LogP contribution is -2.40. The molecular formula is C25H36N2O3. The minimum atomic E-state index is 0.129. The number of ether oxygens (including phenoxy) is 1. The first kappa shape index (κ1) is 21.2. The third kappa shape index (κ3) is 5.55. The molecule has 0 aromatic heterocycles. The fraction of sp³-hybridized carbons (Fsp3) is 0.680. The summed E-state index contributed by atoms with van der Waals surface area (Å²) < 4.78 is 5.99. The fourth-order valence-corrected chi connectivity index (χ4v) is 5.13. The van der Waals surface area contributed by atoms with Gasteiger partial charge < -0.3 is 14.5 Å². The summed E-state index contributed by atoms with van der Waals surface area (Å²) in [4.78, 5) is 29.0. The Balaban J connectivity index is 1.17. The van der Waals surface area contributed by atoms with Crippen LogP contribution in [0.1, 0.15) is 74.6 Å². The first-order chi connectivity index (χ1) is 14.7. The van der Waals surface area contributed by atoms with Crippen LogP contribution in [0.3, 0.4) is 0 Å². The van der Waals surface area contributed by atoms with E-state index in [0.29, 0.717) is 24.3 Å². The molecule has 1 aliphatic carbocycles. The van der Waals surface area contributed by atoms with E-state index >= 15 is 0 Å². The third-order valence-electron chi connectivity index (χ3n) is 7.14. The summed E-state index contributed by atoms with van der Waals surface area (Å²) in [6, 6.07) is 7.57. The number of nitrogens with zero attached hydrogens (tertiary/aromatic N) is 2. The van der Waals surface area contributed by atoms with Gasteiger partial charge in [-0.25, -0.2) is 0 Å². The van der Waals surface area contributed by atoms with Gasteiger partial charge in [0.2, 0.25) is 5.91 Å². The Morgan fingerprint density at radius 3 is 2.10 bits per heavy atom. The number of piperidine rings is 1. The predicted octanol–water partition coefficient (Wildman–Crippen LogP) is 4.51. The summed E-state index contributed by atoms with van der Waals surface area (Å²) in [6.07, 6.45) is 11.4. The van der Waals surface area contributed by atoms with E-state index in [1.165, 1.54) is 32.1 Å². The normalized spacial score (nSPS) is 21.1. The average Bonchev–Trinajstić information content (AvgIpc) is 3.34. The van der Waals surface area contributed by atoms with E-state index in [2.05, 4.69) is 4.90 Å². The van der Waals surface area contributed by atoms with Gasteiger partial charge in [0.15, 0.2) is 0 Å². The van der Waals surface area contributed by atoms with Gasteiger partial charge in [0.25, 0.3) is 5.91 Å². The van der Waals surface area contributed by atoms with Crippen molar-refractivity contribution in [1.82, 2.24) is 9.80 Å². The first-order valence-electron chi connectivity index (χ1n) is 12.0. The topological polar surface area (TPSA) is 49.9 Å². The molecule has 0 unspecified atom stereocenters. The van der Waals surface area contributed by atoms with Gasteiger partial charge in [-0.3, -0.25) is 9.59 Å². The SMILES string of the molecule is O=C(CC1CCCCC1)N1CCC(COc2ccc(C(=O)N3CCCC3)cc2)CC1. The summed E-state index contributed by atoms with van der Waals surface area (Å²) >= 11 is 0. The highest BCUT2D eigenvalue weighted by atomic mass is 16.5. The largest absolute Gasteiger partial charge is 0.493 e. The quantitative estimate of drug-likeness (QED) is 0.691. The molecule has 3 fully saturated rings. The van der Waals surface area contributed by atoms with E-state index < -0.39 is 0 Å². The lowest BCUT2D eigenvalue weighted by atomic mass is 9.86. The molecule has 2 saturated heterocycles. The fourth-order valence-electron chi connectivity index (χ4n) is 5.13. The maximum atomic E-state index is 12.6. The summed E-state index contributed by atoms with van der Waals surface area (Å²) in [6.45, 7) is 4.16. The van der Waals surface area contributed by atoms with E-state index in [4.69, 9.17) is 4.74 Å². The van der Waals surface area contributed by atoms with Crippen molar-refractivity contribution in [3.63, 3.8) is 0 Å². The number of carbonyl (C=O) groups excluding carboxylic acids is 2. The smallest absolute Gasteiger partial charge is 0.253 e. The van der Waals surface area contributed by atoms with Crippen molar-refractivity contribution in [3.05, 3.63) is 29.8 Å². The van der Waals surface area contributed by atoms with Crippen LogP contribution in [-0.2, 0) is 4.79 Å². The molecule has 5 heteroatoms. The average molecular weight is 413 g/mol. The Bertz CT molecular complexity index is 698. The van der Waals surface area contributed by atoms with Crippen LogP contribution >= 0.6 is 0 Å². The lowest BCUT2D eigenvalue weighted by Gasteiger charge is -2.33. The van der Waals surface area contributed by atoms with Crippen LogP contribution in [0.25, 0.3) is 0 Å². The van der Waals surface area contributed by atoms with E-state index in [9.17, 15) is 9.59 Å². The van der Waals surface area contributed by atoms with Crippen molar-refractivity contribution in [2.24, 2.45) is 11.8 Å². The van der Waals surface area contributed by atoms with Gasteiger partial charge in [0.05, 0.1) is 6.61 Å². The van der Waals surface area contributed by atoms with Crippen molar-refractivity contribution in [3.8, 4) is 5.75 Å². The molecular weight excluding hydrogens is 376 g/mol. The maximum absolute atomic E-state index is 12.6. The Labute approximate surface area is 180 Å². The molecule has 30 heavy (non-hydrogen) atoms. The number of amides is 2. The zero-order valence-electron chi connectivity index (χ0n) is 18.2. The van der Waals surface area contributed by atoms with Gasteiger partial charge >= 0.3 is 0 Å². The van der Waals surface area contributed by atoms with Crippen LogP contribution in [0.2, 0.25) is 0 Å². The molecule has 0 spiro atoms. The van der Waals surface area contributed by atoms with E-state index in [1.54, 1.807) is 0 Å². The number of hydrogen-bond donors (Lipinski definition) is 0. The molecule has 3 aliphatic rings. The first-order valence-corrected chi connectivity index (χ1v) is 12.0. The number of hydrogen-bond acceptors (Lipinski definition) is 3. The van der Waals surface area contributed by atoms with Gasteiger partial charge in [-0.2, -0.15) is 0 Å². The van der Waals surface area contributed by atoms with E-state index in [0.717, 1.165) is 69.6 Å². The molecule has 0 bridgehead atoms. The van der Waals surface area contributed by atoms with Crippen LogP contribution in [0.4, 0.5) is 0 Å². The summed E-state index contributed by atoms with van der Waals surface area (Å²) in [5, 5.41) is 0. The highest BCUT2D eigenvalue weighted by molar-refractivity contribution is 5.94. The number of benzene rings is 1. The molecule has 5 nitrogen and oxygen atoms in total. The molecule has 0 radical (unpaired) electrons. The second-order valence-corrected chi connectivity index (χ2v) is 9.37. The third-order valence-corrected chi connectivity index (χ3v) is 7.14. The minimum absolute atomic E-state index is 0.129. The zero-order chi connectivity index (χ0) is 20.8. The molecule has 2 heterocycles. The van der Waals surface area contributed by atoms with E-state index in [-0.39, 0.29) is 5.91 Å². The van der Waals surface area contributed by atoms with Gasteiger partial charge in [-0.15, -0.1) is 0 Å². The maximum Gasteiger partial charge on any atom is 0.253 e. The molecule has 0 N–H and O–H groups in total. The number of rotatable bonds is 6. The van der Waals surface area contributed by atoms with Crippen molar-refractivity contribution < 1.29 is 14.3 Å². The summed E-state index contributed by atoms with van der Waals surface area (Å²) in [5.41, 5.74) is 0.744. The second-order valence-electron chi connectivity index (χ2n) is 9.37. The number of likely N-dealkylation sites (tertiary alicyclic amines) is 2. The second kappa shape index (κ2) is 10.3. The highest BCUT2D eigenvalue weighted by Crippen LogP contribution is 2.28. The monoisotopic (exact) mass is 412 g/mol. The number of carbonyl (C=O) groups is 2. The van der Waals surface area contributed by atoms with Gasteiger partial charge in [-0.05, 0) is 74.6 Å². The van der Waals surface area contributed by atoms with Crippen LogP contribution in [-0.4, -0.2) is 54.4 Å². The highest BCUT2D eigenvalue weighted by Gasteiger charge is 2.26. The molecule has 1 aromatic carbocycles. The Hall–Kier alpha value is -2.04.